The van der Waals surface area contributed by atoms with Crippen molar-refractivity contribution >= 4 is 11.5 Å². The Hall–Kier alpha value is -1.82. The second kappa shape index (κ2) is 5.89. The Labute approximate surface area is 125 Å². The van der Waals surface area contributed by atoms with Gasteiger partial charge < -0.3 is 20.7 Å². The predicted molar refractivity (Wildman–Crippen MR) is 82.7 cm³/mol. The summed E-state index contributed by atoms with van der Waals surface area (Å²) in [6.07, 6.45) is 7.21. The zero-order valence-electron chi connectivity index (χ0n) is 12.4. The highest BCUT2D eigenvalue weighted by Crippen LogP contribution is 2.32. The minimum absolute atomic E-state index is 0.148. The Morgan fingerprint density at radius 2 is 2.29 bits per heavy atom. The van der Waals surface area contributed by atoms with Crippen LogP contribution in [-0.2, 0) is 0 Å². The standard InChI is InChI=1S/C15H23N5O/c1-19-7-2-3-11-10-20(8-5-13(11)19)14-9-17-6-4-12(14)15(16)18-21/h4,6,9,11,13,21H,2-3,5,7-8,10H2,1H3,(H2,16,18). The molecule has 0 aliphatic carbocycles. The average Bonchev–Trinajstić information content (AvgIpc) is 2.54. The lowest BCUT2D eigenvalue weighted by Crippen LogP contribution is -2.53. The zero-order valence-corrected chi connectivity index (χ0v) is 12.4. The van der Waals surface area contributed by atoms with Crippen LogP contribution in [0.3, 0.4) is 0 Å². The monoisotopic (exact) mass is 289 g/mol. The number of amidine groups is 1. The molecule has 0 aromatic carbocycles. The number of piperidine rings is 2. The van der Waals surface area contributed by atoms with Crippen molar-refractivity contribution in [1.82, 2.24) is 9.88 Å². The number of aromatic nitrogens is 1. The number of hydrogen-bond donors (Lipinski definition) is 2. The molecular weight excluding hydrogens is 266 g/mol. The first-order valence-corrected chi connectivity index (χ1v) is 7.58. The molecule has 0 amide bonds. The Balaban J connectivity index is 1.83. The van der Waals surface area contributed by atoms with Crippen LogP contribution in [-0.4, -0.2) is 53.7 Å². The van der Waals surface area contributed by atoms with E-state index in [4.69, 9.17) is 10.9 Å². The molecule has 3 heterocycles. The van der Waals surface area contributed by atoms with E-state index < -0.39 is 0 Å². The van der Waals surface area contributed by atoms with E-state index in [-0.39, 0.29) is 5.84 Å². The summed E-state index contributed by atoms with van der Waals surface area (Å²) in [6.45, 7) is 3.22. The van der Waals surface area contributed by atoms with Crippen molar-refractivity contribution in [2.45, 2.75) is 25.3 Å². The van der Waals surface area contributed by atoms with Gasteiger partial charge >= 0.3 is 0 Å². The van der Waals surface area contributed by atoms with Crippen LogP contribution in [0.1, 0.15) is 24.8 Å². The van der Waals surface area contributed by atoms with Crippen LogP contribution < -0.4 is 10.6 Å². The molecule has 0 saturated carbocycles. The number of fused-ring (bicyclic) bond motifs is 1. The number of oxime groups is 1. The summed E-state index contributed by atoms with van der Waals surface area (Å²) in [6, 6.07) is 2.50. The third-order valence-electron chi connectivity index (χ3n) is 4.87. The van der Waals surface area contributed by atoms with E-state index in [2.05, 4.69) is 27.0 Å². The molecule has 0 radical (unpaired) electrons. The smallest absolute Gasteiger partial charge is 0.172 e. The van der Waals surface area contributed by atoms with E-state index >= 15 is 0 Å². The van der Waals surface area contributed by atoms with Crippen LogP contribution >= 0.6 is 0 Å². The van der Waals surface area contributed by atoms with Crippen LogP contribution in [0.2, 0.25) is 0 Å². The van der Waals surface area contributed by atoms with Crippen LogP contribution in [0.4, 0.5) is 5.69 Å². The minimum atomic E-state index is 0.148. The summed E-state index contributed by atoms with van der Waals surface area (Å²) in [5.74, 6) is 0.841. The van der Waals surface area contributed by atoms with Gasteiger partial charge in [-0.3, -0.25) is 4.98 Å². The SMILES string of the molecule is CN1CCCC2CN(c3cnccc3/C(N)=N/O)CCC21. The molecule has 3 N–H and O–H groups in total. The van der Waals surface area contributed by atoms with Crippen molar-refractivity contribution in [2.75, 3.05) is 31.6 Å². The third-order valence-corrected chi connectivity index (χ3v) is 4.87. The van der Waals surface area contributed by atoms with E-state index in [0.717, 1.165) is 30.8 Å². The molecule has 1 aromatic heterocycles. The van der Waals surface area contributed by atoms with Gasteiger partial charge in [0.15, 0.2) is 5.84 Å². The van der Waals surface area contributed by atoms with Crippen molar-refractivity contribution < 1.29 is 5.21 Å². The topological polar surface area (TPSA) is 78.0 Å². The molecular formula is C15H23N5O. The highest BCUT2D eigenvalue weighted by atomic mass is 16.4. The fourth-order valence-electron chi connectivity index (χ4n) is 3.78. The van der Waals surface area contributed by atoms with Gasteiger partial charge in [0.05, 0.1) is 11.9 Å². The number of rotatable bonds is 2. The lowest BCUT2D eigenvalue weighted by Gasteiger charge is -2.46. The number of nitrogens with two attached hydrogens (primary N) is 1. The molecule has 6 heteroatoms. The molecule has 2 unspecified atom stereocenters. The van der Waals surface area contributed by atoms with Gasteiger partial charge in [-0.15, -0.1) is 0 Å². The van der Waals surface area contributed by atoms with Gasteiger partial charge in [0.25, 0.3) is 0 Å². The maximum atomic E-state index is 8.95. The van der Waals surface area contributed by atoms with Gasteiger partial charge in [-0.1, -0.05) is 5.16 Å². The van der Waals surface area contributed by atoms with E-state index in [1.165, 1.54) is 19.4 Å². The summed E-state index contributed by atoms with van der Waals surface area (Å²) in [5, 5.41) is 12.1. The molecule has 2 saturated heterocycles. The first kappa shape index (κ1) is 14.1. The van der Waals surface area contributed by atoms with Crippen LogP contribution in [0.15, 0.2) is 23.6 Å². The van der Waals surface area contributed by atoms with E-state index in [9.17, 15) is 0 Å². The first-order valence-electron chi connectivity index (χ1n) is 7.58. The van der Waals surface area contributed by atoms with Gasteiger partial charge in [0.1, 0.15) is 0 Å². The number of nitrogens with zero attached hydrogens (tertiary/aromatic N) is 4. The van der Waals surface area contributed by atoms with Crippen LogP contribution in [0, 0.1) is 5.92 Å². The molecule has 6 nitrogen and oxygen atoms in total. The second-order valence-corrected chi connectivity index (χ2v) is 6.06. The van der Waals surface area contributed by atoms with Gasteiger partial charge in [-0.05, 0) is 44.8 Å². The Morgan fingerprint density at radius 1 is 1.43 bits per heavy atom. The molecule has 21 heavy (non-hydrogen) atoms. The van der Waals surface area contributed by atoms with Crippen molar-refractivity contribution in [2.24, 2.45) is 16.8 Å². The van der Waals surface area contributed by atoms with Crippen molar-refractivity contribution in [3.63, 3.8) is 0 Å². The molecule has 114 valence electrons. The number of likely N-dealkylation sites (tertiary alicyclic amines) is 1. The molecule has 1 aromatic rings. The minimum Gasteiger partial charge on any atom is -0.409 e. The summed E-state index contributed by atoms with van der Waals surface area (Å²) in [5.41, 5.74) is 7.52. The summed E-state index contributed by atoms with van der Waals surface area (Å²) in [7, 11) is 2.23. The van der Waals surface area contributed by atoms with Crippen molar-refractivity contribution in [3.8, 4) is 0 Å². The fourth-order valence-corrected chi connectivity index (χ4v) is 3.78. The summed E-state index contributed by atoms with van der Waals surface area (Å²) in [4.78, 5) is 9.05. The van der Waals surface area contributed by atoms with Gasteiger partial charge in [0, 0.05) is 30.9 Å². The quantitative estimate of drug-likeness (QED) is 0.369. The van der Waals surface area contributed by atoms with E-state index in [0.29, 0.717) is 12.0 Å². The molecule has 2 aliphatic rings. The molecule has 2 atom stereocenters. The summed E-state index contributed by atoms with van der Waals surface area (Å²) >= 11 is 0. The van der Waals surface area contributed by atoms with Crippen molar-refractivity contribution in [3.05, 3.63) is 24.0 Å². The van der Waals surface area contributed by atoms with Gasteiger partial charge in [-0.2, -0.15) is 0 Å². The molecule has 2 aliphatic heterocycles. The number of anilines is 1. The molecule has 0 spiro atoms. The van der Waals surface area contributed by atoms with Crippen molar-refractivity contribution in [1.29, 1.82) is 0 Å². The first-order chi connectivity index (χ1) is 10.2. The highest BCUT2D eigenvalue weighted by molar-refractivity contribution is 6.02. The second-order valence-electron chi connectivity index (χ2n) is 6.06. The van der Waals surface area contributed by atoms with Gasteiger partial charge in [-0.25, -0.2) is 0 Å². The Kier molecular flexibility index (Phi) is 3.96. The average molecular weight is 289 g/mol. The highest BCUT2D eigenvalue weighted by Gasteiger charge is 2.34. The third kappa shape index (κ3) is 2.68. The summed E-state index contributed by atoms with van der Waals surface area (Å²) < 4.78 is 0. The normalized spacial score (nSPS) is 27.5. The molecule has 0 bridgehead atoms. The lowest BCUT2D eigenvalue weighted by molar-refractivity contribution is 0.102. The number of hydrogen-bond acceptors (Lipinski definition) is 5. The van der Waals surface area contributed by atoms with Gasteiger partial charge in [0.2, 0.25) is 0 Å². The Morgan fingerprint density at radius 3 is 3.10 bits per heavy atom. The maximum Gasteiger partial charge on any atom is 0.172 e. The van der Waals surface area contributed by atoms with Crippen LogP contribution in [0.25, 0.3) is 0 Å². The Bertz CT molecular complexity index is 533. The zero-order chi connectivity index (χ0) is 14.8. The predicted octanol–water partition coefficient (Wildman–Crippen LogP) is 1.10. The molecule has 3 rings (SSSR count). The van der Waals surface area contributed by atoms with E-state index in [1.54, 1.807) is 6.20 Å². The largest absolute Gasteiger partial charge is 0.409 e. The molecule has 2 fully saturated rings. The lowest BCUT2D eigenvalue weighted by atomic mass is 9.84. The fraction of sp³-hybridized carbons (Fsp3) is 0.600. The number of pyridine rings is 1. The van der Waals surface area contributed by atoms with Crippen LogP contribution in [0.5, 0.6) is 0 Å². The maximum absolute atomic E-state index is 8.95. The van der Waals surface area contributed by atoms with E-state index in [1.807, 2.05) is 12.3 Å².